The molecule has 0 heterocycles. The van der Waals surface area contributed by atoms with Crippen molar-refractivity contribution in [3.63, 3.8) is 0 Å². The maximum absolute atomic E-state index is 12.2. The summed E-state index contributed by atoms with van der Waals surface area (Å²) in [6, 6.07) is 18.7. The van der Waals surface area contributed by atoms with Gasteiger partial charge in [0.05, 0.1) is 0 Å². The summed E-state index contributed by atoms with van der Waals surface area (Å²) in [7, 11) is 0. The molecule has 0 aliphatic heterocycles. The highest BCUT2D eigenvalue weighted by molar-refractivity contribution is 6.40. The highest BCUT2D eigenvalue weighted by Gasteiger charge is 2.31. The van der Waals surface area contributed by atoms with Crippen molar-refractivity contribution in [3.8, 4) is 0 Å². The Morgan fingerprint density at radius 2 is 1.43 bits per heavy atom. The quantitative estimate of drug-likeness (QED) is 0.484. The van der Waals surface area contributed by atoms with Crippen LogP contribution >= 0.6 is 0 Å². The third-order valence-corrected chi connectivity index (χ3v) is 4.41. The van der Waals surface area contributed by atoms with Crippen LogP contribution in [0.15, 0.2) is 60.7 Å². The molecule has 2 aromatic rings. The van der Waals surface area contributed by atoms with Crippen LogP contribution in [0.5, 0.6) is 0 Å². The Hall–Kier alpha value is -2.42. The molecule has 23 heavy (non-hydrogen) atoms. The number of rotatable bonds is 4. The summed E-state index contributed by atoms with van der Waals surface area (Å²) in [5, 5.41) is 0. The first-order valence-corrected chi connectivity index (χ1v) is 8.11. The van der Waals surface area contributed by atoms with E-state index in [4.69, 9.17) is 4.74 Å². The monoisotopic (exact) mass is 308 g/mol. The van der Waals surface area contributed by atoms with Crippen molar-refractivity contribution in [1.82, 2.24) is 0 Å². The number of ether oxygens (including phenoxy) is 1. The Morgan fingerprint density at radius 1 is 0.826 bits per heavy atom. The molecular formula is C20H20O3. The van der Waals surface area contributed by atoms with Crippen molar-refractivity contribution in [2.45, 2.75) is 37.7 Å². The summed E-state index contributed by atoms with van der Waals surface area (Å²) in [4.78, 5) is 24.4. The van der Waals surface area contributed by atoms with Gasteiger partial charge in [0.25, 0.3) is 5.78 Å². The molecule has 0 bridgehead atoms. The second kappa shape index (κ2) is 7.23. The average molecular weight is 308 g/mol. The van der Waals surface area contributed by atoms with E-state index in [1.807, 2.05) is 24.3 Å². The van der Waals surface area contributed by atoms with E-state index in [9.17, 15) is 9.59 Å². The average Bonchev–Trinajstić information content (AvgIpc) is 2.63. The van der Waals surface area contributed by atoms with E-state index >= 15 is 0 Å². The van der Waals surface area contributed by atoms with Gasteiger partial charge in [0.1, 0.15) is 6.10 Å². The fourth-order valence-corrected chi connectivity index (χ4v) is 3.22. The molecule has 118 valence electrons. The molecule has 0 aromatic heterocycles. The SMILES string of the molecule is O=C(O[C@@H]1CCCC[C@H]1c1ccccc1)C(=O)c1ccccc1. The van der Waals surface area contributed by atoms with Crippen molar-refractivity contribution >= 4 is 11.8 Å². The van der Waals surface area contributed by atoms with Crippen LogP contribution in [0.25, 0.3) is 0 Å². The fourth-order valence-electron chi connectivity index (χ4n) is 3.22. The molecule has 0 amide bonds. The van der Waals surface area contributed by atoms with Gasteiger partial charge in [0, 0.05) is 11.5 Å². The smallest absolute Gasteiger partial charge is 0.379 e. The van der Waals surface area contributed by atoms with Crippen LogP contribution < -0.4 is 0 Å². The molecule has 1 fully saturated rings. The van der Waals surface area contributed by atoms with E-state index < -0.39 is 11.8 Å². The van der Waals surface area contributed by atoms with E-state index in [2.05, 4.69) is 12.1 Å². The number of esters is 1. The van der Waals surface area contributed by atoms with Gasteiger partial charge < -0.3 is 4.74 Å². The molecule has 3 heteroatoms. The first-order valence-electron chi connectivity index (χ1n) is 8.11. The molecule has 0 N–H and O–H groups in total. The van der Waals surface area contributed by atoms with E-state index in [0.29, 0.717) is 5.56 Å². The molecule has 1 aliphatic rings. The molecule has 1 aliphatic carbocycles. The standard InChI is InChI=1S/C20H20O3/c21-19(16-11-5-2-6-12-16)20(22)23-18-14-8-7-13-17(18)15-9-3-1-4-10-15/h1-6,9-12,17-18H,7-8,13-14H2/t17-,18+/m0/s1. The first-order chi connectivity index (χ1) is 11.3. The zero-order valence-corrected chi connectivity index (χ0v) is 13.0. The van der Waals surface area contributed by atoms with Gasteiger partial charge in [0.15, 0.2) is 0 Å². The lowest BCUT2D eigenvalue weighted by molar-refractivity contribution is -0.145. The number of Topliss-reactive ketones (excluding diaryl/α,β-unsaturated/α-hetero) is 1. The van der Waals surface area contributed by atoms with Crippen LogP contribution in [-0.4, -0.2) is 17.9 Å². The Balaban J connectivity index is 1.72. The molecule has 3 rings (SSSR count). The molecule has 2 atom stereocenters. The molecule has 0 radical (unpaired) electrons. The molecule has 0 spiro atoms. The summed E-state index contributed by atoms with van der Waals surface area (Å²) >= 11 is 0. The predicted octanol–water partition coefficient (Wildman–Crippen LogP) is 4.14. The van der Waals surface area contributed by atoms with Crippen LogP contribution in [0, 0.1) is 0 Å². The lowest BCUT2D eigenvalue weighted by Gasteiger charge is -2.31. The molecule has 0 saturated heterocycles. The van der Waals surface area contributed by atoms with Crippen molar-refractivity contribution in [3.05, 3.63) is 71.8 Å². The zero-order valence-electron chi connectivity index (χ0n) is 13.0. The van der Waals surface area contributed by atoms with E-state index in [1.54, 1.807) is 24.3 Å². The van der Waals surface area contributed by atoms with Gasteiger partial charge in [-0.3, -0.25) is 4.79 Å². The highest BCUT2D eigenvalue weighted by Crippen LogP contribution is 2.35. The van der Waals surface area contributed by atoms with Gasteiger partial charge in [-0.2, -0.15) is 0 Å². The number of carbonyl (C=O) groups is 2. The number of ketones is 1. The zero-order chi connectivity index (χ0) is 16.1. The van der Waals surface area contributed by atoms with E-state index in [0.717, 1.165) is 25.7 Å². The summed E-state index contributed by atoms with van der Waals surface area (Å²) < 4.78 is 5.59. The van der Waals surface area contributed by atoms with Gasteiger partial charge in [0.2, 0.25) is 0 Å². The third-order valence-electron chi connectivity index (χ3n) is 4.41. The summed E-state index contributed by atoms with van der Waals surface area (Å²) in [5.41, 5.74) is 1.56. The summed E-state index contributed by atoms with van der Waals surface area (Å²) in [6.45, 7) is 0. The summed E-state index contributed by atoms with van der Waals surface area (Å²) in [6.07, 6.45) is 3.74. The number of benzene rings is 2. The number of hydrogen-bond acceptors (Lipinski definition) is 3. The Labute approximate surface area is 136 Å². The first kappa shape index (κ1) is 15.5. The minimum Gasteiger partial charge on any atom is -0.456 e. The van der Waals surface area contributed by atoms with Gasteiger partial charge in [-0.15, -0.1) is 0 Å². The number of carbonyl (C=O) groups excluding carboxylic acids is 2. The number of hydrogen-bond donors (Lipinski definition) is 0. The van der Waals surface area contributed by atoms with Crippen LogP contribution in [0.2, 0.25) is 0 Å². The van der Waals surface area contributed by atoms with Gasteiger partial charge in [-0.25, -0.2) is 4.79 Å². The second-order valence-corrected chi connectivity index (χ2v) is 5.94. The van der Waals surface area contributed by atoms with Gasteiger partial charge in [-0.05, 0) is 24.8 Å². The molecule has 3 nitrogen and oxygen atoms in total. The molecule has 0 unspecified atom stereocenters. The van der Waals surface area contributed by atoms with Crippen LogP contribution in [0.4, 0.5) is 0 Å². The Kier molecular flexibility index (Phi) is 4.86. The van der Waals surface area contributed by atoms with Crippen LogP contribution in [0.1, 0.15) is 47.5 Å². The molecule has 1 saturated carbocycles. The van der Waals surface area contributed by atoms with Crippen LogP contribution in [-0.2, 0) is 9.53 Å². The van der Waals surface area contributed by atoms with Crippen molar-refractivity contribution < 1.29 is 14.3 Å². The van der Waals surface area contributed by atoms with Crippen molar-refractivity contribution in [2.24, 2.45) is 0 Å². The van der Waals surface area contributed by atoms with Crippen molar-refractivity contribution in [2.75, 3.05) is 0 Å². The maximum atomic E-state index is 12.2. The Bertz CT molecular complexity index is 664. The van der Waals surface area contributed by atoms with Gasteiger partial charge in [-0.1, -0.05) is 67.1 Å². The topological polar surface area (TPSA) is 43.4 Å². The predicted molar refractivity (Wildman–Crippen MR) is 88.3 cm³/mol. The highest BCUT2D eigenvalue weighted by atomic mass is 16.5. The third kappa shape index (κ3) is 3.67. The Morgan fingerprint density at radius 3 is 2.13 bits per heavy atom. The lowest BCUT2D eigenvalue weighted by Crippen LogP contribution is -2.31. The lowest BCUT2D eigenvalue weighted by atomic mass is 9.81. The largest absolute Gasteiger partial charge is 0.456 e. The van der Waals surface area contributed by atoms with Crippen molar-refractivity contribution in [1.29, 1.82) is 0 Å². The van der Waals surface area contributed by atoms with Crippen LogP contribution in [0.3, 0.4) is 0 Å². The minimum absolute atomic E-state index is 0.178. The van der Waals surface area contributed by atoms with E-state index in [1.165, 1.54) is 5.56 Å². The molecular weight excluding hydrogens is 288 g/mol. The fraction of sp³-hybridized carbons (Fsp3) is 0.300. The second-order valence-electron chi connectivity index (χ2n) is 5.94. The van der Waals surface area contributed by atoms with Gasteiger partial charge >= 0.3 is 5.97 Å². The normalized spacial score (nSPS) is 20.7. The summed E-state index contributed by atoms with van der Waals surface area (Å²) in [5.74, 6) is -1.13. The molecule has 2 aromatic carbocycles. The maximum Gasteiger partial charge on any atom is 0.379 e. The van der Waals surface area contributed by atoms with E-state index in [-0.39, 0.29) is 12.0 Å². The minimum atomic E-state index is -0.746.